The topological polar surface area (TPSA) is 49.4 Å². The Morgan fingerprint density at radius 3 is 2.83 bits per heavy atom. The Morgan fingerprint density at radius 2 is 2.17 bits per heavy atom. The Labute approximate surface area is 106 Å². The second-order valence-electron chi connectivity index (χ2n) is 5.10. The van der Waals surface area contributed by atoms with E-state index in [0.29, 0.717) is 18.0 Å². The van der Waals surface area contributed by atoms with E-state index in [0.717, 1.165) is 24.1 Å². The molecule has 0 aromatic heterocycles. The van der Waals surface area contributed by atoms with Gasteiger partial charge in [0, 0.05) is 24.3 Å². The van der Waals surface area contributed by atoms with Crippen LogP contribution in [0.5, 0.6) is 0 Å². The second-order valence-corrected chi connectivity index (χ2v) is 5.10. The zero-order chi connectivity index (χ0) is 12.7. The number of carbonyl (C=O) groups is 2. The van der Waals surface area contributed by atoms with Gasteiger partial charge in [-0.05, 0) is 37.0 Å². The molecule has 1 N–H and O–H groups in total. The third kappa shape index (κ3) is 1.78. The molecule has 2 amide bonds. The molecule has 0 atom stereocenters. The fourth-order valence-electron chi connectivity index (χ4n) is 2.49. The summed E-state index contributed by atoms with van der Waals surface area (Å²) in [5, 5.41) is 2.78. The van der Waals surface area contributed by atoms with Crippen LogP contribution in [0.25, 0.3) is 0 Å². The van der Waals surface area contributed by atoms with E-state index >= 15 is 0 Å². The summed E-state index contributed by atoms with van der Waals surface area (Å²) in [6.45, 7) is 0. The van der Waals surface area contributed by atoms with Crippen LogP contribution in [-0.4, -0.2) is 29.8 Å². The van der Waals surface area contributed by atoms with Crippen LogP contribution in [0, 0.1) is 0 Å². The first kappa shape index (κ1) is 11.3. The first-order valence-electron chi connectivity index (χ1n) is 6.35. The number of amides is 2. The van der Waals surface area contributed by atoms with Gasteiger partial charge in [0.25, 0.3) is 5.91 Å². The zero-order valence-electron chi connectivity index (χ0n) is 10.4. The number of hydrogen-bond donors (Lipinski definition) is 1. The van der Waals surface area contributed by atoms with Crippen LogP contribution >= 0.6 is 0 Å². The summed E-state index contributed by atoms with van der Waals surface area (Å²) >= 11 is 0. The Bertz CT molecular complexity index is 521. The largest absolute Gasteiger partial charge is 0.339 e. The lowest BCUT2D eigenvalue weighted by atomic mass is 9.91. The SMILES string of the molecule is CN(C(=O)c1ccc2c(c1)NC(=O)C2)C1CCC1. The summed E-state index contributed by atoms with van der Waals surface area (Å²) in [6.07, 6.45) is 3.83. The molecule has 1 aromatic rings. The molecule has 94 valence electrons. The summed E-state index contributed by atoms with van der Waals surface area (Å²) in [5.74, 6) is 0.0468. The van der Waals surface area contributed by atoms with E-state index in [4.69, 9.17) is 0 Å². The molecule has 3 rings (SSSR count). The molecule has 4 nitrogen and oxygen atoms in total. The monoisotopic (exact) mass is 244 g/mol. The number of nitrogens with zero attached hydrogens (tertiary/aromatic N) is 1. The van der Waals surface area contributed by atoms with Gasteiger partial charge in [-0.1, -0.05) is 6.07 Å². The molecule has 1 aliphatic carbocycles. The van der Waals surface area contributed by atoms with Crippen LogP contribution in [0.1, 0.15) is 35.2 Å². The molecule has 1 heterocycles. The van der Waals surface area contributed by atoms with E-state index in [1.165, 1.54) is 6.42 Å². The van der Waals surface area contributed by atoms with Gasteiger partial charge in [0.1, 0.15) is 0 Å². The van der Waals surface area contributed by atoms with Crippen molar-refractivity contribution in [2.24, 2.45) is 0 Å². The van der Waals surface area contributed by atoms with E-state index in [9.17, 15) is 9.59 Å². The maximum atomic E-state index is 12.3. The third-order valence-corrected chi connectivity index (χ3v) is 3.92. The lowest BCUT2D eigenvalue weighted by molar-refractivity contribution is -0.115. The normalized spacial score (nSPS) is 17.9. The van der Waals surface area contributed by atoms with E-state index in [2.05, 4.69) is 5.32 Å². The molecule has 1 saturated carbocycles. The van der Waals surface area contributed by atoms with Crippen molar-refractivity contribution in [2.45, 2.75) is 31.7 Å². The summed E-state index contributed by atoms with van der Waals surface area (Å²) in [5.41, 5.74) is 2.42. The average Bonchev–Trinajstić information content (AvgIpc) is 2.64. The minimum atomic E-state index is 0.00180. The van der Waals surface area contributed by atoms with Crippen LogP contribution in [0.4, 0.5) is 5.69 Å². The van der Waals surface area contributed by atoms with Crippen LogP contribution in [0.15, 0.2) is 18.2 Å². The van der Waals surface area contributed by atoms with Crippen molar-refractivity contribution in [1.82, 2.24) is 4.90 Å². The van der Waals surface area contributed by atoms with E-state index in [1.807, 2.05) is 24.1 Å². The Morgan fingerprint density at radius 1 is 1.39 bits per heavy atom. The molecule has 0 saturated heterocycles. The minimum absolute atomic E-state index is 0.00180. The Balaban J connectivity index is 1.82. The molecular weight excluding hydrogens is 228 g/mol. The lowest BCUT2D eigenvalue weighted by Gasteiger charge is -2.34. The maximum Gasteiger partial charge on any atom is 0.253 e. The average molecular weight is 244 g/mol. The van der Waals surface area contributed by atoms with Crippen LogP contribution < -0.4 is 5.32 Å². The third-order valence-electron chi connectivity index (χ3n) is 3.92. The van der Waals surface area contributed by atoms with E-state index < -0.39 is 0 Å². The predicted octanol–water partition coefficient (Wildman–Crippen LogP) is 1.81. The predicted molar refractivity (Wildman–Crippen MR) is 68.5 cm³/mol. The van der Waals surface area contributed by atoms with Crippen molar-refractivity contribution >= 4 is 17.5 Å². The summed E-state index contributed by atoms with van der Waals surface area (Å²) in [6, 6.07) is 5.86. The standard InChI is InChI=1S/C14H16N2O2/c1-16(11-3-2-4-11)14(18)10-6-5-9-8-13(17)15-12(9)7-10/h5-7,11H,2-4,8H2,1H3,(H,15,17). The van der Waals surface area contributed by atoms with Gasteiger partial charge >= 0.3 is 0 Å². The highest BCUT2D eigenvalue weighted by Gasteiger charge is 2.27. The first-order chi connectivity index (χ1) is 8.65. The fraction of sp³-hybridized carbons (Fsp3) is 0.429. The highest BCUT2D eigenvalue weighted by Crippen LogP contribution is 2.27. The summed E-state index contributed by atoms with van der Waals surface area (Å²) in [4.78, 5) is 25.4. The van der Waals surface area contributed by atoms with Crippen LogP contribution in [-0.2, 0) is 11.2 Å². The van der Waals surface area contributed by atoms with E-state index in [-0.39, 0.29) is 11.8 Å². The number of rotatable bonds is 2. The first-order valence-corrected chi connectivity index (χ1v) is 6.35. The number of hydrogen-bond acceptors (Lipinski definition) is 2. The second kappa shape index (κ2) is 4.12. The number of benzene rings is 1. The number of anilines is 1. The molecular formula is C14H16N2O2. The maximum absolute atomic E-state index is 12.3. The van der Waals surface area contributed by atoms with Crippen molar-refractivity contribution in [2.75, 3.05) is 12.4 Å². The van der Waals surface area contributed by atoms with E-state index in [1.54, 1.807) is 6.07 Å². The molecule has 1 fully saturated rings. The van der Waals surface area contributed by atoms with Crippen molar-refractivity contribution < 1.29 is 9.59 Å². The molecule has 0 bridgehead atoms. The molecule has 4 heteroatoms. The number of fused-ring (bicyclic) bond motifs is 1. The molecule has 0 unspecified atom stereocenters. The fourth-order valence-corrected chi connectivity index (χ4v) is 2.49. The quantitative estimate of drug-likeness (QED) is 0.862. The Hall–Kier alpha value is -1.84. The van der Waals surface area contributed by atoms with Crippen molar-refractivity contribution in [1.29, 1.82) is 0 Å². The highest BCUT2D eigenvalue weighted by molar-refractivity contribution is 6.02. The highest BCUT2D eigenvalue weighted by atomic mass is 16.2. The van der Waals surface area contributed by atoms with Gasteiger partial charge in [-0.15, -0.1) is 0 Å². The molecule has 0 radical (unpaired) electrons. The Kier molecular flexibility index (Phi) is 2.58. The summed E-state index contributed by atoms with van der Waals surface area (Å²) in [7, 11) is 1.86. The van der Waals surface area contributed by atoms with Crippen molar-refractivity contribution in [3.8, 4) is 0 Å². The van der Waals surface area contributed by atoms with Gasteiger partial charge in [-0.25, -0.2) is 0 Å². The molecule has 1 aromatic carbocycles. The minimum Gasteiger partial charge on any atom is -0.339 e. The van der Waals surface area contributed by atoms with Crippen molar-refractivity contribution in [3.63, 3.8) is 0 Å². The van der Waals surface area contributed by atoms with Gasteiger partial charge in [-0.3, -0.25) is 9.59 Å². The lowest BCUT2D eigenvalue weighted by Crippen LogP contribution is -2.41. The van der Waals surface area contributed by atoms with Crippen LogP contribution in [0.3, 0.4) is 0 Å². The molecule has 0 spiro atoms. The number of nitrogens with one attached hydrogen (secondary N) is 1. The van der Waals surface area contributed by atoms with Gasteiger partial charge in [0.2, 0.25) is 5.91 Å². The number of carbonyl (C=O) groups excluding carboxylic acids is 2. The smallest absolute Gasteiger partial charge is 0.253 e. The van der Waals surface area contributed by atoms with Gasteiger partial charge in [0.15, 0.2) is 0 Å². The zero-order valence-corrected chi connectivity index (χ0v) is 10.4. The van der Waals surface area contributed by atoms with Gasteiger partial charge in [-0.2, -0.15) is 0 Å². The van der Waals surface area contributed by atoms with Crippen molar-refractivity contribution in [3.05, 3.63) is 29.3 Å². The molecule has 18 heavy (non-hydrogen) atoms. The summed E-state index contributed by atoms with van der Waals surface area (Å²) < 4.78 is 0. The van der Waals surface area contributed by atoms with Gasteiger partial charge in [0.05, 0.1) is 6.42 Å². The molecule has 1 aliphatic heterocycles. The van der Waals surface area contributed by atoms with Crippen LogP contribution in [0.2, 0.25) is 0 Å². The molecule has 2 aliphatic rings. The van der Waals surface area contributed by atoms with Gasteiger partial charge < -0.3 is 10.2 Å².